The normalized spacial score (nSPS) is 17.2. The molecule has 2 heterocycles. The molecular formula is C18H22N2O4. The van der Waals surface area contributed by atoms with Crippen LogP contribution in [0, 0.1) is 0 Å². The molecule has 6 heteroatoms. The Morgan fingerprint density at radius 1 is 1.38 bits per heavy atom. The highest BCUT2D eigenvalue weighted by Gasteiger charge is 2.25. The van der Waals surface area contributed by atoms with Gasteiger partial charge in [0, 0.05) is 11.6 Å². The third kappa shape index (κ3) is 3.76. The minimum absolute atomic E-state index is 0.205. The van der Waals surface area contributed by atoms with Crippen LogP contribution in [0.15, 0.2) is 35.0 Å². The highest BCUT2D eigenvalue weighted by Crippen LogP contribution is 2.34. The van der Waals surface area contributed by atoms with Crippen LogP contribution < -0.4 is 5.32 Å². The van der Waals surface area contributed by atoms with Gasteiger partial charge in [0.1, 0.15) is 11.7 Å². The molecule has 6 nitrogen and oxygen atoms in total. The van der Waals surface area contributed by atoms with Crippen LogP contribution in [-0.4, -0.2) is 30.0 Å². The van der Waals surface area contributed by atoms with Crippen LogP contribution in [0.5, 0.6) is 0 Å². The van der Waals surface area contributed by atoms with Gasteiger partial charge in [-0.05, 0) is 38.3 Å². The zero-order chi connectivity index (χ0) is 17.2. The summed E-state index contributed by atoms with van der Waals surface area (Å²) in [7, 11) is 0. The summed E-state index contributed by atoms with van der Waals surface area (Å²) < 4.78 is 16.4. The van der Waals surface area contributed by atoms with Crippen LogP contribution in [0.2, 0.25) is 0 Å². The summed E-state index contributed by atoms with van der Waals surface area (Å²) in [5, 5.41) is 6.56. The van der Waals surface area contributed by atoms with Crippen molar-refractivity contribution in [1.82, 2.24) is 10.5 Å². The first-order valence-corrected chi connectivity index (χ1v) is 8.05. The van der Waals surface area contributed by atoms with E-state index in [1.165, 1.54) is 5.56 Å². The molecule has 1 aromatic heterocycles. The van der Waals surface area contributed by atoms with Gasteiger partial charge in [-0.1, -0.05) is 23.4 Å². The lowest BCUT2D eigenvalue weighted by Crippen LogP contribution is -2.36. The lowest BCUT2D eigenvalue weighted by Gasteiger charge is -2.28. The molecule has 128 valence electrons. The van der Waals surface area contributed by atoms with Gasteiger partial charge in [0.25, 0.3) is 0 Å². The van der Waals surface area contributed by atoms with Crippen LogP contribution in [0.1, 0.15) is 38.0 Å². The summed E-state index contributed by atoms with van der Waals surface area (Å²) in [4.78, 5) is 11.9. The van der Waals surface area contributed by atoms with Gasteiger partial charge in [0.2, 0.25) is 0 Å². The first-order valence-electron chi connectivity index (χ1n) is 8.05. The number of aromatic nitrogens is 1. The van der Waals surface area contributed by atoms with Crippen LogP contribution in [0.4, 0.5) is 4.79 Å². The SMILES string of the molecule is CC(C)(C)OC(=O)NC[C@H]1OCCc2c(-c3ccno3)cccc21. The van der Waals surface area contributed by atoms with Gasteiger partial charge in [-0.15, -0.1) is 0 Å². The zero-order valence-corrected chi connectivity index (χ0v) is 14.2. The highest BCUT2D eigenvalue weighted by molar-refractivity contribution is 5.68. The van der Waals surface area contributed by atoms with Crippen LogP contribution >= 0.6 is 0 Å². The second-order valence-electron chi connectivity index (χ2n) is 6.74. The Kier molecular flexibility index (Phi) is 4.57. The van der Waals surface area contributed by atoms with E-state index in [4.69, 9.17) is 14.0 Å². The van der Waals surface area contributed by atoms with Gasteiger partial charge in [0.05, 0.1) is 19.3 Å². The van der Waals surface area contributed by atoms with E-state index in [-0.39, 0.29) is 6.10 Å². The molecule has 1 amide bonds. The third-order valence-corrected chi connectivity index (χ3v) is 3.76. The van der Waals surface area contributed by atoms with E-state index in [1.807, 2.05) is 45.0 Å². The molecule has 0 radical (unpaired) electrons. The number of fused-ring (bicyclic) bond motifs is 1. The summed E-state index contributed by atoms with van der Waals surface area (Å²) in [5.41, 5.74) is 2.74. The Morgan fingerprint density at radius 3 is 2.92 bits per heavy atom. The lowest BCUT2D eigenvalue weighted by atomic mass is 9.92. The number of benzene rings is 1. The highest BCUT2D eigenvalue weighted by atomic mass is 16.6. The predicted molar refractivity (Wildman–Crippen MR) is 88.6 cm³/mol. The molecule has 0 aliphatic carbocycles. The maximum absolute atomic E-state index is 11.9. The molecule has 0 saturated carbocycles. The fraction of sp³-hybridized carbons (Fsp3) is 0.444. The zero-order valence-electron chi connectivity index (χ0n) is 14.2. The number of carbonyl (C=O) groups is 1. The van der Waals surface area contributed by atoms with Crippen molar-refractivity contribution in [3.05, 3.63) is 41.6 Å². The van der Waals surface area contributed by atoms with Crippen molar-refractivity contribution in [1.29, 1.82) is 0 Å². The predicted octanol–water partition coefficient (Wildman–Crippen LogP) is 3.48. The average Bonchev–Trinajstić information content (AvgIpc) is 3.05. The van der Waals surface area contributed by atoms with Crippen molar-refractivity contribution in [2.24, 2.45) is 0 Å². The lowest BCUT2D eigenvalue weighted by molar-refractivity contribution is 0.0289. The maximum atomic E-state index is 11.9. The topological polar surface area (TPSA) is 73.6 Å². The molecule has 1 aliphatic heterocycles. The summed E-state index contributed by atoms with van der Waals surface area (Å²) in [6.45, 7) is 6.47. The number of carbonyl (C=O) groups excluding carboxylic acids is 1. The Morgan fingerprint density at radius 2 is 2.21 bits per heavy atom. The van der Waals surface area contributed by atoms with E-state index in [2.05, 4.69) is 10.5 Å². The van der Waals surface area contributed by atoms with Gasteiger partial charge in [-0.25, -0.2) is 4.79 Å². The van der Waals surface area contributed by atoms with Gasteiger partial charge in [-0.2, -0.15) is 0 Å². The van der Waals surface area contributed by atoms with Crippen molar-refractivity contribution >= 4 is 6.09 Å². The molecule has 0 saturated heterocycles. The van der Waals surface area contributed by atoms with E-state index in [1.54, 1.807) is 6.20 Å². The van der Waals surface area contributed by atoms with E-state index in [9.17, 15) is 4.79 Å². The smallest absolute Gasteiger partial charge is 0.407 e. The Hall–Kier alpha value is -2.34. The molecule has 0 fully saturated rings. The number of nitrogens with zero attached hydrogens (tertiary/aromatic N) is 1. The number of ether oxygens (including phenoxy) is 2. The van der Waals surface area contributed by atoms with Crippen LogP contribution in [0.3, 0.4) is 0 Å². The fourth-order valence-corrected chi connectivity index (χ4v) is 2.82. The van der Waals surface area contributed by atoms with Gasteiger partial charge >= 0.3 is 6.09 Å². The van der Waals surface area contributed by atoms with Crippen molar-refractivity contribution in [2.75, 3.05) is 13.2 Å². The van der Waals surface area contributed by atoms with Gasteiger partial charge in [-0.3, -0.25) is 0 Å². The fourth-order valence-electron chi connectivity index (χ4n) is 2.82. The number of hydrogen-bond acceptors (Lipinski definition) is 5. The standard InChI is InChI=1S/C18H22N2O4/c1-18(2,3)23-17(21)19-11-16-14-6-4-5-13(12(14)8-10-22-16)15-7-9-20-24-15/h4-7,9,16H,8,10-11H2,1-3H3,(H,19,21)/t16-/m1/s1. The largest absolute Gasteiger partial charge is 0.444 e. The average molecular weight is 330 g/mol. The Bertz CT molecular complexity index is 704. The molecule has 1 aliphatic rings. The van der Waals surface area contributed by atoms with Crippen molar-refractivity contribution in [3.63, 3.8) is 0 Å². The number of hydrogen-bond donors (Lipinski definition) is 1. The van der Waals surface area contributed by atoms with Crippen LogP contribution in [-0.2, 0) is 15.9 Å². The summed E-state index contributed by atoms with van der Waals surface area (Å²) in [6, 6.07) is 7.85. The molecule has 0 unspecified atom stereocenters. The quantitative estimate of drug-likeness (QED) is 0.932. The monoisotopic (exact) mass is 330 g/mol. The van der Waals surface area contributed by atoms with Crippen molar-refractivity contribution < 1.29 is 18.8 Å². The number of nitrogens with one attached hydrogen (secondary N) is 1. The molecule has 24 heavy (non-hydrogen) atoms. The molecule has 0 bridgehead atoms. The number of amides is 1. The molecule has 1 N–H and O–H groups in total. The molecule has 0 spiro atoms. The second-order valence-corrected chi connectivity index (χ2v) is 6.74. The van der Waals surface area contributed by atoms with E-state index in [0.29, 0.717) is 13.2 Å². The molecule has 1 aromatic carbocycles. The summed E-state index contributed by atoms with van der Waals surface area (Å²) in [6.07, 6.45) is 1.79. The summed E-state index contributed by atoms with van der Waals surface area (Å²) >= 11 is 0. The third-order valence-electron chi connectivity index (χ3n) is 3.76. The molecule has 1 atom stereocenters. The maximum Gasteiger partial charge on any atom is 0.407 e. The van der Waals surface area contributed by atoms with Crippen molar-refractivity contribution in [3.8, 4) is 11.3 Å². The Labute approximate surface area is 141 Å². The Balaban J connectivity index is 1.75. The summed E-state index contributed by atoms with van der Waals surface area (Å²) in [5.74, 6) is 0.743. The molecule has 3 rings (SSSR count). The number of alkyl carbamates (subject to hydrolysis) is 1. The van der Waals surface area contributed by atoms with Crippen LogP contribution in [0.25, 0.3) is 11.3 Å². The molecular weight excluding hydrogens is 308 g/mol. The first-order chi connectivity index (χ1) is 11.4. The van der Waals surface area contributed by atoms with Gasteiger partial charge < -0.3 is 19.3 Å². The number of rotatable bonds is 3. The minimum Gasteiger partial charge on any atom is -0.444 e. The van der Waals surface area contributed by atoms with E-state index in [0.717, 1.165) is 23.3 Å². The minimum atomic E-state index is -0.519. The van der Waals surface area contributed by atoms with E-state index < -0.39 is 11.7 Å². The second kappa shape index (κ2) is 6.65. The van der Waals surface area contributed by atoms with E-state index >= 15 is 0 Å². The first kappa shape index (κ1) is 16.5. The molecule has 2 aromatic rings. The van der Waals surface area contributed by atoms with Crippen molar-refractivity contribution in [2.45, 2.75) is 38.9 Å². The van der Waals surface area contributed by atoms with Gasteiger partial charge in [0.15, 0.2) is 5.76 Å².